The van der Waals surface area contributed by atoms with Gasteiger partial charge in [-0.15, -0.1) is 0 Å². The molecule has 4 nitrogen and oxygen atoms in total. The molecule has 1 aliphatic carbocycles. The number of benzene rings is 1. The maximum atomic E-state index is 11.0. The third-order valence-corrected chi connectivity index (χ3v) is 4.31. The third kappa shape index (κ3) is 3.53. The van der Waals surface area contributed by atoms with Gasteiger partial charge in [0.25, 0.3) is 5.69 Å². The van der Waals surface area contributed by atoms with Gasteiger partial charge in [0.1, 0.15) is 0 Å². The Morgan fingerprint density at radius 1 is 1.32 bits per heavy atom. The van der Waals surface area contributed by atoms with Gasteiger partial charge in [-0.05, 0) is 31.1 Å². The van der Waals surface area contributed by atoms with Crippen molar-refractivity contribution in [2.75, 3.05) is 0 Å². The Bertz CT molecular complexity index is 440. The maximum absolute atomic E-state index is 11.0. The van der Waals surface area contributed by atoms with E-state index in [1.807, 2.05) is 12.1 Å². The van der Waals surface area contributed by atoms with Gasteiger partial charge in [-0.25, -0.2) is 0 Å². The average Bonchev–Trinajstić information content (AvgIpc) is 2.39. The van der Waals surface area contributed by atoms with Gasteiger partial charge >= 0.3 is 0 Å². The molecule has 104 valence electrons. The predicted molar refractivity (Wildman–Crippen MR) is 75.9 cm³/mol. The first-order valence-corrected chi connectivity index (χ1v) is 7.05. The van der Waals surface area contributed by atoms with Crippen LogP contribution < -0.4 is 5.73 Å². The number of nitro groups is 1. The number of nitrogens with zero attached hydrogens (tertiary/aromatic N) is 1. The summed E-state index contributed by atoms with van der Waals surface area (Å²) in [6.45, 7) is 2.28. The SMILES string of the molecule is CC1CCC(C(N)Cc2ccccc2[N+](=O)[O-])CC1. The van der Waals surface area contributed by atoms with E-state index in [1.165, 1.54) is 12.8 Å². The molecule has 0 amide bonds. The van der Waals surface area contributed by atoms with Crippen molar-refractivity contribution in [3.63, 3.8) is 0 Å². The first-order chi connectivity index (χ1) is 9.08. The molecule has 2 rings (SSSR count). The zero-order valence-electron chi connectivity index (χ0n) is 11.4. The van der Waals surface area contributed by atoms with Gasteiger partial charge in [0.05, 0.1) is 4.92 Å². The zero-order valence-corrected chi connectivity index (χ0v) is 11.4. The topological polar surface area (TPSA) is 69.2 Å². The minimum Gasteiger partial charge on any atom is -0.327 e. The number of nitro benzene ring substituents is 1. The Labute approximate surface area is 114 Å². The molecule has 4 heteroatoms. The van der Waals surface area contributed by atoms with E-state index in [9.17, 15) is 10.1 Å². The first-order valence-electron chi connectivity index (χ1n) is 7.05. The highest BCUT2D eigenvalue weighted by Crippen LogP contribution is 2.31. The van der Waals surface area contributed by atoms with Gasteiger partial charge in [0, 0.05) is 17.7 Å². The van der Waals surface area contributed by atoms with Crippen molar-refractivity contribution in [1.29, 1.82) is 0 Å². The van der Waals surface area contributed by atoms with E-state index in [1.54, 1.807) is 12.1 Å². The standard InChI is InChI=1S/C15H22N2O2/c1-11-6-8-12(9-7-11)14(16)10-13-4-2-3-5-15(13)17(18)19/h2-5,11-12,14H,6-10,16H2,1H3. The first kappa shape index (κ1) is 14.0. The Morgan fingerprint density at radius 2 is 1.95 bits per heavy atom. The Kier molecular flexibility index (Phi) is 4.53. The lowest BCUT2D eigenvalue weighted by Crippen LogP contribution is -2.34. The van der Waals surface area contributed by atoms with Gasteiger partial charge in [-0.2, -0.15) is 0 Å². The normalized spacial score (nSPS) is 24.9. The van der Waals surface area contributed by atoms with Crippen molar-refractivity contribution in [3.8, 4) is 0 Å². The lowest BCUT2D eigenvalue weighted by molar-refractivity contribution is -0.385. The molecule has 1 aliphatic rings. The molecule has 1 saturated carbocycles. The van der Waals surface area contributed by atoms with Crippen LogP contribution in [0, 0.1) is 22.0 Å². The Hall–Kier alpha value is -1.42. The number of nitrogens with two attached hydrogens (primary N) is 1. The molecule has 0 heterocycles. The molecular weight excluding hydrogens is 240 g/mol. The van der Waals surface area contributed by atoms with Crippen molar-refractivity contribution >= 4 is 5.69 Å². The van der Waals surface area contributed by atoms with Crippen LogP contribution in [-0.2, 0) is 6.42 Å². The summed E-state index contributed by atoms with van der Waals surface area (Å²) in [5.41, 5.74) is 7.23. The molecule has 1 unspecified atom stereocenters. The fourth-order valence-electron chi connectivity index (χ4n) is 3.00. The van der Waals surface area contributed by atoms with E-state index in [0.717, 1.165) is 24.3 Å². The lowest BCUT2D eigenvalue weighted by Gasteiger charge is -2.30. The third-order valence-electron chi connectivity index (χ3n) is 4.31. The van der Waals surface area contributed by atoms with Crippen molar-refractivity contribution in [1.82, 2.24) is 0 Å². The molecule has 0 aliphatic heterocycles. The summed E-state index contributed by atoms with van der Waals surface area (Å²) in [7, 11) is 0. The summed E-state index contributed by atoms with van der Waals surface area (Å²) in [6, 6.07) is 6.97. The summed E-state index contributed by atoms with van der Waals surface area (Å²) >= 11 is 0. The summed E-state index contributed by atoms with van der Waals surface area (Å²) < 4.78 is 0. The second-order valence-electron chi connectivity index (χ2n) is 5.77. The molecule has 19 heavy (non-hydrogen) atoms. The molecular formula is C15H22N2O2. The van der Waals surface area contributed by atoms with E-state index in [-0.39, 0.29) is 16.7 Å². The minimum absolute atomic E-state index is 0.0357. The highest BCUT2D eigenvalue weighted by atomic mass is 16.6. The van der Waals surface area contributed by atoms with Crippen LogP contribution in [0.2, 0.25) is 0 Å². The molecule has 0 saturated heterocycles. The van der Waals surface area contributed by atoms with Crippen LogP contribution >= 0.6 is 0 Å². The van der Waals surface area contributed by atoms with Gasteiger partial charge in [0.15, 0.2) is 0 Å². The molecule has 1 aromatic rings. The fraction of sp³-hybridized carbons (Fsp3) is 0.600. The molecule has 2 N–H and O–H groups in total. The zero-order chi connectivity index (χ0) is 13.8. The summed E-state index contributed by atoms with van der Waals surface area (Å²) in [4.78, 5) is 10.7. The van der Waals surface area contributed by atoms with Crippen LogP contribution in [0.5, 0.6) is 0 Å². The van der Waals surface area contributed by atoms with Crippen LogP contribution in [0.25, 0.3) is 0 Å². The second kappa shape index (κ2) is 6.15. The van der Waals surface area contributed by atoms with Gasteiger partial charge < -0.3 is 5.73 Å². The lowest BCUT2D eigenvalue weighted by atomic mass is 9.78. The molecule has 0 bridgehead atoms. The molecule has 1 atom stereocenters. The van der Waals surface area contributed by atoms with E-state index in [0.29, 0.717) is 12.3 Å². The van der Waals surface area contributed by atoms with Crippen molar-refractivity contribution in [2.45, 2.75) is 45.1 Å². The molecule has 0 aromatic heterocycles. The van der Waals surface area contributed by atoms with E-state index in [4.69, 9.17) is 5.73 Å². The van der Waals surface area contributed by atoms with Crippen molar-refractivity contribution in [2.24, 2.45) is 17.6 Å². The monoisotopic (exact) mass is 262 g/mol. The quantitative estimate of drug-likeness (QED) is 0.668. The highest BCUT2D eigenvalue weighted by Gasteiger charge is 2.25. The van der Waals surface area contributed by atoms with Gasteiger partial charge in [0.2, 0.25) is 0 Å². The predicted octanol–water partition coefficient (Wildman–Crippen LogP) is 3.29. The Morgan fingerprint density at radius 3 is 2.58 bits per heavy atom. The van der Waals surface area contributed by atoms with Crippen LogP contribution in [0.4, 0.5) is 5.69 Å². The number of para-hydroxylation sites is 1. The Balaban J connectivity index is 2.02. The number of hydrogen-bond donors (Lipinski definition) is 1. The van der Waals surface area contributed by atoms with Crippen LogP contribution in [0.3, 0.4) is 0 Å². The van der Waals surface area contributed by atoms with E-state index < -0.39 is 0 Å². The van der Waals surface area contributed by atoms with Crippen LogP contribution in [-0.4, -0.2) is 11.0 Å². The van der Waals surface area contributed by atoms with E-state index >= 15 is 0 Å². The minimum atomic E-state index is -0.314. The highest BCUT2D eigenvalue weighted by molar-refractivity contribution is 5.40. The second-order valence-corrected chi connectivity index (χ2v) is 5.77. The van der Waals surface area contributed by atoms with Crippen LogP contribution in [0.15, 0.2) is 24.3 Å². The molecule has 1 aromatic carbocycles. The average molecular weight is 262 g/mol. The van der Waals surface area contributed by atoms with Crippen molar-refractivity contribution < 1.29 is 4.92 Å². The fourth-order valence-corrected chi connectivity index (χ4v) is 3.00. The van der Waals surface area contributed by atoms with Gasteiger partial charge in [-0.1, -0.05) is 38.0 Å². The van der Waals surface area contributed by atoms with Crippen molar-refractivity contribution in [3.05, 3.63) is 39.9 Å². The smallest absolute Gasteiger partial charge is 0.272 e. The summed E-state index contributed by atoms with van der Waals surface area (Å²) in [6.07, 6.45) is 5.38. The largest absolute Gasteiger partial charge is 0.327 e. The number of rotatable bonds is 4. The van der Waals surface area contributed by atoms with E-state index in [2.05, 4.69) is 6.92 Å². The molecule has 0 radical (unpaired) electrons. The number of hydrogen-bond acceptors (Lipinski definition) is 3. The molecule has 0 spiro atoms. The van der Waals surface area contributed by atoms with Gasteiger partial charge in [-0.3, -0.25) is 10.1 Å². The maximum Gasteiger partial charge on any atom is 0.272 e. The summed E-state index contributed by atoms with van der Waals surface area (Å²) in [5, 5.41) is 11.0. The summed E-state index contributed by atoms with van der Waals surface area (Å²) in [5.74, 6) is 1.31. The molecule has 1 fully saturated rings. The van der Waals surface area contributed by atoms with Crippen LogP contribution in [0.1, 0.15) is 38.2 Å².